The second-order valence-electron chi connectivity index (χ2n) is 4.64. The fourth-order valence-electron chi connectivity index (χ4n) is 2.19. The predicted octanol–water partition coefficient (Wildman–Crippen LogP) is 2.03. The smallest absolute Gasteiger partial charge is 0.282 e. The van der Waals surface area contributed by atoms with Crippen LogP contribution in [0.2, 0.25) is 0 Å². The van der Waals surface area contributed by atoms with Crippen LogP contribution in [0.4, 0.5) is 0 Å². The molecule has 1 N–H and O–H groups in total. The number of methoxy groups -OCH3 is 1. The molecule has 0 aliphatic carbocycles. The number of imide groups is 1. The molecule has 2 amide bonds. The summed E-state index contributed by atoms with van der Waals surface area (Å²) in [4.78, 5) is 24.2. The highest BCUT2D eigenvalue weighted by molar-refractivity contribution is 6.21. The zero-order valence-electron chi connectivity index (χ0n) is 11.7. The number of hydrogen-bond donors (Lipinski definition) is 1. The van der Waals surface area contributed by atoms with Crippen LogP contribution in [-0.4, -0.2) is 35.3 Å². The number of benzene rings is 2. The Hall–Kier alpha value is -3.15. The van der Waals surface area contributed by atoms with Crippen molar-refractivity contribution in [1.82, 2.24) is 5.01 Å². The predicted molar refractivity (Wildman–Crippen MR) is 79.2 cm³/mol. The summed E-state index contributed by atoms with van der Waals surface area (Å²) in [6.07, 6.45) is 1.33. The maximum absolute atomic E-state index is 12.1. The van der Waals surface area contributed by atoms with Crippen molar-refractivity contribution in [3.8, 4) is 11.5 Å². The standard InChI is InChI=1S/C16H12N2O4/c1-22-14-7-6-10(8-13(14)19)9-17-18-15(20)11-4-2-3-5-12(11)16(18)21/h2-9,19H,1H3/b17-9+. The molecule has 1 heterocycles. The van der Waals surface area contributed by atoms with E-state index in [-0.39, 0.29) is 5.75 Å². The van der Waals surface area contributed by atoms with E-state index in [1.807, 2.05) is 0 Å². The number of hydrazone groups is 1. The fraction of sp³-hybridized carbons (Fsp3) is 0.0625. The number of fused-ring (bicyclic) bond motifs is 1. The van der Waals surface area contributed by atoms with Gasteiger partial charge >= 0.3 is 0 Å². The number of rotatable bonds is 3. The number of carbonyl (C=O) groups is 2. The number of nitrogens with zero attached hydrogens (tertiary/aromatic N) is 2. The first-order valence-corrected chi connectivity index (χ1v) is 6.50. The van der Waals surface area contributed by atoms with Crippen molar-refractivity contribution in [1.29, 1.82) is 0 Å². The van der Waals surface area contributed by atoms with Gasteiger partial charge in [-0.1, -0.05) is 12.1 Å². The SMILES string of the molecule is COc1ccc(/C=N/N2C(=O)c3ccccc3C2=O)cc1O. The second kappa shape index (κ2) is 5.33. The third kappa shape index (κ3) is 2.20. The van der Waals surface area contributed by atoms with Gasteiger partial charge < -0.3 is 9.84 Å². The van der Waals surface area contributed by atoms with E-state index in [0.717, 1.165) is 5.01 Å². The highest BCUT2D eigenvalue weighted by Crippen LogP contribution is 2.26. The van der Waals surface area contributed by atoms with Crippen LogP contribution in [0.1, 0.15) is 26.3 Å². The molecule has 0 fully saturated rings. The van der Waals surface area contributed by atoms with Gasteiger partial charge in [0.1, 0.15) is 0 Å². The number of phenols is 1. The highest BCUT2D eigenvalue weighted by Gasteiger charge is 2.35. The number of carbonyl (C=O) groups excluding carboxylic acids is 2. The van der Waals surface area contributed by atoms with Crippen LogP contribution in [0.5, 0.6) is 11.5 Å². The minimum atomic E-state index is -0.463. The molecule has 2 aromatic rings. The number of amides is 2. The molecule has 0 atom stereocenters. The van der Waals surface area contributed by atoms with E-state index in [2.05, 4.69) is 5.10 Å². The molecule has 0 unspecified atom stereocenters. The summed E-state index contributed by atoms with van der Waals surface area (Å²) in [6.45, 7) is 0. The fourth-order valence-corrected chi connectivity index (χ4v) is 2.19. The molecule has 3 rings (SSSR count). The normalized spacial score (nSPS) is 13.8. The monoisotopic (exact) mass is 296 g/mol. The van der Waals surface area contributed by atoms with Crippen molar-refractivity contribution >= 4 is 18.0 Å². The van der Waals surface area contributed by atoms with E-state index in [0.29, 0.717) is 22.4 Å². The quantitative estimate of drug-likeness (QED) is 0.694. The van der Waals surface area contributed by atoms with E-state index in [9.17, 15) is 14.7 Å². The van der Waals surface area contributed by atoms with Crippen LogP contribution in [0.15, 0.2) is 47.6 Å². The van der Waals surface area contributed by atoms with Crippen molar-refractivity contribution in [2.75, 3.05) is 7.11 Å². The maximum atomic E-state index is 12.1. The molecular formula is C16H12N2O4. The summed E-state index contributed by atoms with van der Waals surface area (Å²) >= 11 is 0. The first kappa shape index (κ1) is 13.8. The second-order valence-corrected chi connectivity index (χ2v) is 4.64. The minimum Gasteiger partial charge on any atom is -0.504 e. The molecule has 110 valence electrons. The van der Waals surface area contributed by atoms with Crippen LogP contribution < -0.4 is 4.74 Å². The van der Waals surface area contributed by atoms with Crippen LogP contribution in [0, 0.1) is 0 Å². The summed E-state index contributed by atoms with van der Waals surface area (Å²) in [5.41, 5.74) is 1.21. The number of phenolic OH excluding ortho intramolecular Hbond substituents is 1. The minimum absolute atomic E-state index is 0.0474. The van der Waals surface area contributed by atoms with Gasteiger partial charge in [0.2, 0.25) is 0 Å². The van der Waals surface area contributed by atoms with Crippen molar-refractivity contribution < 1.29 is 19.4 Å². The molecule has 6 nitrogen and oxygen atoms in total. The van der Waals surface area contributed by atoms with Gasteiger partial charge in [0.15, 0.2) is 11.5 Å². The summed E-state index contributed by atoms with van der Waals surface area (Å²) in [7, 11) is 1.45. The average Bonchev–Trinajstić information content (AvgIpc) is 2.77. The van der Waals surface area contributed by atoms with Crippen molar-refractivity contribution in [2.45, 2.75) is 0 Å². The first-order chi connectivity index (χ1) is 10.6. The Morgan fingerprint density at radius 2 is 1.73 bits per heavy atom. The molecule has 0 radical (unpaired) electrons. The molecule has 1 aliphatic rings. The lowest BCUT2D eigenvalue weighted by Gasteiger charge is -2.06. The molecule has 1 aliphatic heterocycles. The Bertz CT molecular complexity index is 763. The van der Waals surface area contributed by atoms with Crippen molar-refractivity contribution in [2.24, 2.45) is 5.10 Å². The summed E-state index contributed by atoms with van der Waals surface area (Å²) < 4.78 is 4.94. The van der Waals surface area contributed by atoms with Gasteiger partial charge in [-0.2, -0.15) is 10.1 Å². The van der Waals surface area contributed by atoms with Crippen molar-refractivity contribution in [3.63, 3.8) is 0 Å². The van der Waals surface area contributed by atoms with Gasteiger partial charge in [-0.25, -0.2) is 0 Å². The summed E-state index contributed by atoms with van der Waals surface area (Å²) in [6, 6.07) is 11.2. The Morgan fingerprint density at radius 3 is 2.27 bits per heavy atom. The number of ether oxygens (including phenoxy) is 1. The van der Waals surface area contributed by atoms with Gasteiger partial charge in [0.25, 0.3) is 11.8 Å². The van der Waals surface area contributed by atoms with E-state index >= 15 is 0 Å². The molecule has 22 heavy (non-hydrogen) atoms. The van der Waals surface area contributed by atoms with Crippen LogP contribution in [0.25, 0.3) is 0 Å². The summed E-state index contributed by atoms with van der Waals surface area (Å²) in [5, 5.41) is 14.4. The lowest BCUT2D eigenvalue weighted by atomic mass is 10.1. The van der Waals surface area contributed by atoms with Gasteiger partial charge in [-0.05, 0) is 35.9 Å². The molecule has 0 spiro atoms. The Labute approximate surface area is 126 Å². The third-order valence-corrected chi connectivity index (χ3v) is 3.30. The molecular weight excluding hydrogens is 284 g/mol. The molecule has 0 bridgehead atoms. The summed E-state index contributed by atoms with van der Waals surface area (Å²) in [5.74, 6) is -0.643. The topological polar surface area (TPSA) is 79.2 Å². The Kier molecular flexibility index (Phi) is 3.34. The zero-order valence-corrected chi connectivity index (χ0v) is 11.7. The first-order valence-electron chi connectivity index (χ1n) is 6.50. The van der Waals surface area contributed by atoms with Gasteiger partial charge in [0.05, 0.1) is 24.5 Å². The van der Waals surface area contributed by atoms with Crippen LogP contribution >= 0.6 is 0 Å². The number of hydrogen-bond acceptors (Lipinski definition) is 5. The van der Waals surface area contributed by atoms with E-state index < -0.39 is 11.8 Å². The zero-order chi connectivity index (χ0) is 15.7. The van der Waals surface area contributed by atoms with Gasteiger partial charge in [0, 0.05) is 0 Å². The maximum Gasteiger partial charge on any atom is 0.282 e. The number of aromatic hydroxyl groups is 1. The molecule has 0 aromatic heterocycles. The average molecular weight is 296 g/mol. The molecule has 0 saturated carbocycles. The van der Waals surface area contributed by atoms with Gasteiger partial charge in [-0.3, -0.25) is 9.59 Å². The molecule has 0 saturated heterocycles. The third-order valence-electron chi connectivity index (χ3n) is 3.30. The lowest BCUT2D eigenvalue weighted by molar-refractivity contribution is 0.0660. The van der Waals surface area contributed by atoms with E-state index in [1.165, 1.54) is 19.4 Å². The van der Waals surface area contributed by atoms with Gasteiger partial charge in [-0.15, -0.1) is 0 Å². The van der Waals surface area contributed by atoms with E-state index in [4.69, 9.17) is 4.74 Å². The Balaban J connectivity index is 1.87. The largest absolute Gasteiger partial charge is 0.504 e. The molecule has 2 aromatic carbocycles. The van der Waals surface area contributed by atoms with Crippen LogP contribution in [0.3, 0.4) is 0 Å². The Morgan fingerprint density at radius 1 is 1.09 bits per heavy atom. The lowest BCUT2D eigenvalue weighted by Crippen LogP contribution is -2.23. The van der Waals surface area contributed by atoms with Crippen LogP contribution in [-0.2, 0) is 0 Å². The highest BCUT2D eigenvalue weighted by atomic mass is 16.5. The van der Waals surface area contributed by atoms with E-state index in [1.54, 1.807) is 36.4 Å². The molecule has 6 heteroatoms. The van der Waals surface area contributed by atoms with Crippen molar-refractivity contribution in [3.05, 3.63) is 59.2 Å².